The van der Waals surface area contributed by atoms with Crippen LogP contribution in [0, 0.1) is 10.1 Å². The normalized spacial score (nSPS) is 11.1. The number of nitrogen functional groups attached to an aromatic ring is 1. The Kier molecular flexibility index (Phi) is 3.76. The lowest BCUT2D eigenvalue weighted by molar-refractivity contribution is -0.386. The maximum atomic E-state index is 11.3. The number of pyridine rings is 1. The first-order valence-electron chi connectivity index (χ1n) is 5.66. The smallest absolute Gasteiger partial charge is 0.331 e. The lowest BCUT2D eigenvalue weighted by Gasteiger charge is -2.06. The van der Waals surface area contributed by atoms with Crippen molar-refractivity contribution in [1.29, 1.82) is 0 Å². The first kappa shape index (κ1) is 14.7. The van der Waals surface area contributed by atoms with Crippen LogP contribution in [0.5, 0.6) is 11.6 Å². The molecule has 1 heterocycles. The monoisotopic (exact) mass is 309 g/mol. The third kappa shape index (κ3) is 3.45. The Labute approximate surface area is 120 Å². The van der Waals surface area contributed by atoms with Crippen LogP contribution in [0.3, 0.4) is 0 Å². The van der Waals surface area contributed by atoms with Gasteiger partial charge >= 0.3 is 11.6 Å². The highest BCUT2D eigenvalue weighted by atomic mass is 32.2. The largest absolute Gasteiger partial charge is 0.434 e. The summed E-state index contributed by atoms with van der Waals surface area (Å²) in [4.78, 5) is 14.1. The van der Waals surface area contributed by atoms with E-state index in [0.717, 1.165) is 6.26 Å². The van der Waals surface area contributed by atoms with Gasteiger partial charge in [-0.15, -0.1) is 0 Å². The molecule has 0 atom stereocenters. The number of nitro groups is 1. The van der Waals surface area contributed by atoms with Gasteiger partial charge in [-0.25, -0.2) is 8.42 Å². The lowest BCUT2D eigenvalue weighted by atomic mass is 10.3. The molecule has 0 radical (unpaired) electrons. The Balaban J connectivity index is 2.34. The molecule has 0 unspecified atom stereocenters. The van der Waals surface area contributed by atoms with E-state index in [9.17, 15) is 18.5 Å². The summed E-state index contributed by atoms with van der Waals surface area (Å²) in [7, 11) is -3.32. The van der Waals surface area contributed by atoms with Crippen LogP contribution in [0.25, 0.3) is 0 Å². The predicted octanol–water partition coefficient (Wildman–Crippen LogP) is 1.77. The van der Waals surface area contributed by atoms with E-state index in [4.69, 9.17) is 10.5 Å². The summed E-state index contributed by atoms with van der Waals surface area (Å²) >= 11 is 0. The van der Waals surface area contributed by atoms with Crippen LogP contribution in [0.15, 0.2) is 41.3 Å². The highest BCUT2D eigenvalue weighted by Crippen LogP contribution is 2.30. The summed E-state index contributed by atoms with van der Waals surface area (Å²) in [6.07, 6.45) is 1.08. The molecular formula is C12H11N3O5S. The minimum absolute atomic E-state index is 0.0726. The second kappa shape index (κ2) is 5.37. The van der Waals surface area contributed by atoms with E-state index in [0.29, 0.717) is 0 Å². The summed E-state index contributed by atoms with van der Waals surface area (Å²) in [5, 5.41) is 10.9. The highest BCUT2D eigenvalue weighted by molar-refractivity contribution is 7.90. The van der Waals surface area contributed by atoms with Gasteiger partial charge in [0, 0.05) is 12.3 Å². The number of benzene rings is 1. The van der Waals surface area contributed by atoms with E-state index >= 15 is 0 Å². The topological polar surface area (TPSA) is 125 Å². The Hall–Kier alpha value is -2.68. The summed E-state index contributed by atoms with van der Waals surface area (Å²) in [5.41, 5.74) is 5.13. The second-order valence-corrected chi connectivity index (χ2v) is 6.18. The molecule has 2 N–H and O–H groups in total. The Morgan fingerprint density at radius 1 is 1.19 bits per heavy atom. The zero-order chi connectivity index (χ0) is 15.6. The molecule has 0 saturated carbocycles. The first-order valence-corrected chi connectivity index (χ1v) is 7.55. The van der Waals surface area contributed by atoms with Gasteiger partial charge in [0.05, 0.1) is 9.82 Å². The fraction of sp³-hybridized carbons (Fsp3) is 0.0833. The lowest BCUT2D eigenvalue weighted by Crippen LogP contribution is -1.99. The fourth-order valence-corrected chi connectivity index (χ4v) is 2.16. The molecule has 8 nitrogen and oxygen atoms in total. The maximum absolute atomic E-state index is 11.3. The van der Waals surface area contributed by atoms with Gasteiger partial charge in [-0.1, -0.05) is 0 Å². The number of rotatable bonds is 4. The van der Waals surface area contributed by atoms with Crippen LogP contribution in [0.2, 0.25) is 0 Å². The van der Waals surface area contributed by atoms with Gasteiger partial charge in [-0.2, -0.15) is 4.98 Å². The van der Waals surface area contributed by atoms with Gasteiger partial charge in [-0.3, -0.25) is 10.1 Å². The maximum Gasteiger partial charge on any atom is 0.331 e. The van der Waals surface area contributed by atoms with E-state index in [2.05, 4.69) is 4.98 Å². The number of anilines is 1. The van der Waals surface area contributed by atoms with E-state index in [1.54, 1.807) is 0 Å². The van der Waals surface area contributed by atoms with Gasteiger partial charge in [0.15, 0.2) is 9.84 Å². The quantitative estimate of drug-likeness (QED) is 0.673. The van der Waals surface area contributed by atoms with E-state index in [1.165, 1.54) is 36.4 Å². The van der Waals surface area contributed by atoms with Crippen molar-refractivity contribution in [2.75, 3.05) is 12.0 Å². The number of nitrogens with two attached hydrogens (primary N) is 1. The minimum Gasteiger partial charge on any atom is -0.434 e. The minimum atomic E-state index is -3.32. The molecule has 1 aromatic carbocycles. The highest BCUT2D eigenvalue weighted by Gasteiger charge is 2.18. The Morgan fingerprint density at radius 3 is 2.33 bits per heavy atom. The Morgan fingerprint density at radius 2 is 1.81 bits per heavy atom. The van der Waals surface area contributed by atoms with Crippen molar-refractivity contribution in [3.8, 4) is 11.6 Å². The van der Waals surface area contributed by atoms with Crippen molar-refractivity contribution in [3.63, 3.8) is 0 Å². The number of nitrogens with zero attached hydrogens (tertiary/aromatic N) is 2. The molecule has 21 heavy (non-hydrogen) atoms. The molecule has 110 valence electrons. The van der Waals surface area contributed by atoms with Crippen molar-refractivity contribution >= 4 is 21.3 Å². The molecule has 0 fully saturated rings. The average Bonchev–Trinajstić information content (AvgIpc) is 2.38. The molecule has 0 saturated heterocycles. The molecule has 0 bridgehead atoms. The molecular weight excluding hydrogens is 298 g/mol. The van der Waals surface area contributed by atoms with Crippen molar-refractivity contribution in [1.82, 2.24) is 4.98 Å². The van der Waals surface area contributed by atoms with Crippen LogP contribution >= 0.6 is 0 Å². The molecule has 9 heteroatoms. The number of ether oxygens (including phenoxy) is 1. The van der Waals surface area contributed by atoms with Crippen molar-refractivity contribution in [2.45, 2.75) is 4.90 Å². The van der Waals surface area contributed by atoms with Crippen molar-refractivity contribution in [3.05, 3.63) is 46.5 Å². The number of hydrogen-bond donors (Lipinski definition) is 1. The van der Waals surface area contributed by atoms with E-state index in [-0.39, 0.29) is 28.0 Å². The molecule has 0 aliphatic rings. The van der Waals surface area contributed by atoms with Crippen molar-refractivity contribution < 1.29 is 18.1 Å². The van der Waals surface area contributed by atoms with Crippen LogP contribution in [-0.2, 0) is 9.84 Å². The van der Waals surface area contributed by atoms with E-state index in [1.807, 2.05) is 0 Å². The molecule has 0 amide bonds. The summed E-state index contributed by atoms with van der Waals surface area (Å²) in [6, 6.07) is 7.90. The van der Waals surface area contributed by atoms with E-state index < -0.39 is 14.8 Å². The zero-order valence-electron chi connectivity index (χ0n) is 10.9. The zero-order valence-corrected chi connectivity index (χ0v) is 11.7. The van der Waals surface area contributed by atoms with Crippen molar-refractivity contribution in [2.24, 2.45) is 0 Å². The van der Waals surface area contributed by atoms with Gasteiger partial charge in [0.2, 0.25) is 0 Å². The van der Waals surface area contributed by atoms with Crippen LogP contribution in [0.1, 0.15) is 0 Å². The SMILES string of the molecule is CS(=O)(=O)c1ccc(Oc2nc(N)ccc2[N+](=O)[O-])cc1. The number of aromatic nitrogens is 1. The molecule has 0 aliphatic carbocycles. The van der Waals surface area contributed by atoms with Gasteiger partial charge in [-0.05, 0) is 30.3 Å². The average molecular weight is 309 g/mol. The molecule has 2 rings (SSSR count). The number of hydrogen-bond acceptors (Lipinski definition) is 7. The second-order valence-electron chi connectivity index (χ2n) is 4.16. The van der Waals surface area contributed by atoms with Gasteiger partial charge in [0.25, 0.3) is 0 Å². The Bertz CT molecular complexity index is 787. The summed E-state index contributed by atoms with van der Waals surface area (Å²) in [5.74, 6) is 0.0269. The molecule has 2 aromatic rings. The molecule has 0 spiro atoms. The van der Waals surface area contributed by atoms with Crippen LogP contribution in [-0.4, -0.2) is 24.6 Å². The standard InChI is InChI=1S/C12H11N3O5S/c1-21(18,19)9-4-2-8(3-5-9)20-12-10(15(16)17)6-7-11(13)14-12/h2-7H,1H3,(H2,13,14). The van der Waals surface area contributed by atoms with Crippen LogP contribution < -0.4 is 10.5 Å². The first-order chi connectivity index (χ1) is 9.77. The third-order valence-corrected chi connectivity index (χ3v) is 3.65. The summed E-state index contributed by atoms with van der Waals surface area (Å²) in [6.45, 7) is 0. The fourth-order valence-electron chi connectivity index (χ4n) is 1.53. The predicted molar refractivity (Wildman–Crippen MR) is 74.9 cm³/mol. The van der Waals surface area contributed by atoms with Gasteiger partial charge < -0.3 is 10.5 Å². The summed E-state index contributed by atoms with van der Waals surface area (Å²) < 4.78 is 28.0. The number of sulfone groups is 1. The van der Waals surface area contributed by atoms with Gasteiger partial charge in [0.1, 0.15) is 11.6 Å². The third-order valence-electron chi connectivity index (χ3n) is 2.52. The van der Waals surface area contributed by atoms with Crippen LogP contribution in [0.4, 0.5) is 11.5 Å². The molecule has 0 aliphatic heterocycles. The molecule has 1 aromatic heterocycles.